The minimum absolute atomic E-state index is 0.919. The Labute approximate surface area is 121 Å². The zero-order valence-electron chi connectivity index (χ0n) is 12.6. The second kappa shape index (κ2) is 6.94. The third-order valence-corrected chi connectivity index (χ3v) is 3.28. The van der Waals surface area contributed by atoms with E-state index in [1.807, 2.05) is 12.4 Å². The maximum Gasteiger partial charge on any atom is 0.0617 e. The number of hydrogen-bond donors (Lipinski definition) is 1. The average Bonchev–Trinajstić information content (AvgIpc) is 2.48. The van der Waals surface area contributed by atoms with Crippen molar-refractivity contribution in [1.29, 1.82) is 0 Å². The minimum Gasteiger partial charge on any atom is -0.384 e. The molecular formula is C17H23N3. The Balaban J connectivity index is 2.24. The molecule has 0 amide bonds. The van der Waals surface area contributed by atoms with Crippen LogP contribution in [0.4, 0.5) is 17.1 Å². The number of nitrogens with one attached hydrogen (secondary N) is 1. The summed E-state index contributed by atoms with van der Waals surface area (Å²) in [4.78, 5) is 6.61. The Morgan fingerprint density at radius 1 is 1.05 bits per heavy atom. The van der Waals surface area contributed by atoms with Crippen molar-refractivity contribution in [2.75, 3.05) is 23.3 Å². The number of pyridine rings is 1. The van der Waals surface area contributed by atoms with Crippen LogP contribution in [0.2, 0.25) is 0 Å². The van der Waals surface area contributed by atoms with Gasteiger partial charge in [0.05, 0.1) is 23.8 Å². The monoisotopic (exact) mass is 269 g/mol. The molecule has 3 heteroatoms. The fourth-order valence-electron chi connectivity index (χ4n) is 2.18. The summed E-state index contributed by atoms with van der Waals surface area (Å²) in [6.45, 7) is 8.32. The van der Waals surface area contributed by atoms with E-state index in [1.165, 1.54) is 11.3 Å². The Hall–Kier alpha value is -2.03. The molecule has 3 nitrogen and oxygen atoms in total. The van der Waals surface area contributed by atoms with E-state index in [0.29, 0.717) is 0 Å². The molecule has 0 radical (unpaired) electrons. The van der Waals surface area contributed by atoms with E-state index in [0.717, 1.165) is 30.9 Å². The maximum absolute atomic E-state index is 4.35. The third-order valence-electron chi connectivity index (χ3n) is 3.28. The number of rotatable bonds is 6. The number of benzene rings is 1. The predicted octanol–water partition coefficient (Wildman–Crippen LogP) is 4.37. The minimum atomic E-state index is 0.919. The van der Waals surface area contributed by atoms with Crippen LogP contribution in [-0.4, -0.2) is 18.1 Å². The Morgan fingerprint density at radius 3 is 2.45 bits per heavy atom. The number of hydrogen-bond acceptors (Lipinski definition) is 3. The smallest absolute Gasteiger partial charge is 0.0617 e. The number of aromatic nitrogens is 1. The summed E-state index contributed by atoms with van der Waals surface area (Å²) < 4.78 is 0. The molecule has 0 bridgehead atoms. The van der Waals surface area contributed by atoms with Crippen LogP contribution in [-0.2, 0) is 0 Å². The molecule has 0 saturated heterocycles. The van der Waals surface area contributed by atoms with Crippen molar-refractivity contribution in [3.05, 3.63) is 48.3 Å². The first-order chi connectivity index (χ1) is 9.74. The molecule has 0 unspecified atom stereocenters. The molecule has 1 heterocycles. The van der Waals surface area contributed by atoms with E-state index in [2.05, 4.69) is 66.3 Å². The molecule has 0 aliphatic heterocycles. The van der Waals surface area contributed by atoms with E-state index in [4.69, 9.17) is 0 Å². The van der Waals surface area contributed by atoms with Gasteiger partial charge >= 0.3 is 0 Å². The molecule has 106 valence electrons. The lowest BCUT2D eigenvalue weighted by molar-refractivity contribution is 0.973. The second-order valence-corrected chi connectivity index (χ2v) is 4.94. The van der Waals surface area contributed by atoms with Crippen molar-refractivity contribution >= 4 is 17.1 Å². The highest BCUT2D eigenvalue weighted by molar-refractivity contribution is 5.66. The average molecular weight is 269 g/mol. The first-order valence-electron chi connectivity index (χ1n) is 7.27. The predicted molar refractivity (Wildman–Crippen MR) is 86.9 cm³/mol. The van der Waals surface area contributed by atoms with Gasteiger partial charge < -0.3 is 10.2 Å². The molecule has 1 N–H and O–H groups in total. The van der Waals surface area contributed by atoms with Gasteiger partial charge in [-0.2, -0.15) is 0 Å². The quantitative estimate of drug-likeness (QED) is 0.844. The molecular weight excluding hydrogens is 246 g/mol. The largest absolute Gasteiger partial charge is 0.384 e. The van der Waals surface area contributed by atoms with Crippen molar-refractivity contribution in [3.63, 3.8) is 0 Å². The van der Waals surface area contributed by atoms with E-state index in [1.54, 1.807) is 0 Å². The molecule has 0 fully saturated rings. The Morgan fingerprint density at radius 2 is 1.80 bits per heavy atom. The van der Waals surface area contributed by atoms with Crippen molar-refractivity contribution in [2.45, 2.75) is 27.2 Å². The van der Waals surface area contributed by atoms with Crippen molar-refractivity contribution in [1.82, 2.24) is 4.98 Å². The molecule has 2 aromatic rings. The normalized spacial score (nSPS) is 10.3. The van der Waals surface area contributed by atoms with E-state index in [9.17, 15) is 0 Å². The summed E-state index contributed by atoms with van der Waals surface area (Å²) in [7, 11) is 0. The van der Waals surface area contributed by atoms with Gasteiger partial charge in [0.1, 0.15) is 0 Å². The first kappa shape index (κ1) is 14.4. The molecule has 0 saturated carbocycles. The van der Waals surface area contributed by atoms with Crippen LogP contribution in [0.3, 0.4) is 0 Å². The topological polar surface area (TPSA) is 28.2 Å². The lowest BCUT2D eigenvalue weighted by Gasteiger charge is -2.23. The lowest BCUT2D eigenvalue weighted by Crippen LogP contribution is -2.16. The van der Waals surface area contributed by atoms with Gasteiger partial charge in [0.15, 0.2) is 0 Å². The lowest BCUT2D eigenvalue weighted by atomic mass is 10.2. The standard InChI is InChI=1S/C17H23N3/c1-4-10-19-15-11-17(13-18-12-15)20(5-2)16-8-6-14(3)7-9-16/h6-9,11-13,19H,4-5,10H2,1-3H3. The Kier molecular flexibility index (Phi) is 4.99. The SMILES string of the molecule is CCCNc1cncc(N(CC)c2ccc(C)cc2)c1. The first-order valence-corrected chi connectivity index (χ1v) is 7.27. The van der Waals surface area contributed by atoms with Gasteiger partial charge in [0.2, 0.25) is 0 Å². The molecule has 2 rings (SSSR count). The zero-order chi connectivity index (χ0) is 14.4. The highest BCUT2D eigenvalue weighted by Crippen LogP contribution is 2.26. The van der Waals surface area contributed by atoms with Crippen LogP contribution in [0, 0.1) is 6.92 Å². The summed E-state index contributed by atoms with van der Waals surface area (Å²) >= 11 is 0. The molecule has 1 aromatic heterocycles. The molecule has 0 spiro atoms. The van der Waals surface area contributed by atoms with Crippen molar-refractivity contribution < 1.29 is 0 Å². The molecule has 20 heavy (non-hydrogen) atoms. The van der Waals surface area contributed by atoms with Crippen LogP contribution >= 0.6 is 0 Å². The van der Waals surface area contributed by atoms with Crippen LogP contribution in [0.5, 0.6) is 0 Å². The van der Waals surface area contributed by atoms with E-state index < -0.39 is 0 Å². The van der Waals surface area contributed by atoms with Gasteiger partial charge in [-0.3, -0.25) is 4.98 Å². The number of nitrogens with zero attached hydrogens (tertiary/aromatic N) is 2. The highest BCUT2D eigenvalue weighted by Gasteiger charge is 2.08. The van der Waals surface area contributed by atoms with Crippen LogP contribution in [0.15, 0.2) is 42.7 Å². The molecule has 0 atom stereocenters. The summed E-state index contributed by atoms with van der Waals surface area (Å²) in [5.74, 6) is 0. The fourth-order valence-corrected chi connectivity index (χ4v) is 2.18. The maximum atomic E-state index is 4.35. The molecule has 0 aliphatic carbocycles. The fraction of sp³-hybridized carbons (Fsp3) is 0.353. The van der Waals surface area contributed by atoms with Crippen molar-refractivity contribution in [2.24, 2.45) is 0 Å². The molecule has 1 aromatic carbocycles. The van der Waals surface area contributed by atoms with Gasteiger partial charge in [0.25, 0.3) is 0 Å². The van der Waals surface area contributed by atoms with Crippen LogP contribution in [0.25, 0.3) is 0 Å². The van der Waals surface area contributed by atoms with Gasteiger partial charge in [-0.25, -0.2) is 0 Å². The van der Waals surface area contributed by atoms with E-state index >= 15 is 0 Å². The highest BCUT2D eigenvalue weighted by atomic mass is 15.1. The summed E-state index contributed by atoms with van der Waals surface area (Å²) in [5, 5.41) is 3.39. The number of aryl methyl sites for hydroxylation is 1. The Bertz CT molecular complexity index is 534. The summed E-state index contributed by atoms with van der Waals surface area (Å²) in [6.07, 6.45) is 4.91. The summed E-state index contributed by atoms with van der Waals surface area (Å²) in [6, 6.07) is 10.8. The molecule has 0 aliphatic rings. The van der Waals surface area contributed by atoms with Gasteiger partial charge in [-0.1, -0.05) is 24.6 Å². The van der Waals surface area contributed by atoms with Gasteiger partial charge in [-0.05, 0) is 38.5 Å². The zero-order valence-corrected chi connectivity index (χ0v) is 12.6. The number of anilines is 3. The van der Waals surface area contributed by atoms with Gasteiger partial charge in [0, 0.05) is 18.8 Å². The van der Waals surface area contributed by atoms with E-state index in [-0.39, 0.29) is 0 Å². The third kappa shape index (κ3) is 3.50. The van der Waals surface area contributed by atoms with Crippen molar-refractivity contribution in [3.8, 4) is 0 Å². The van der Waals surface area contributed by atoms with Gasteiger partial charge in [-0.15, -0.1) is 0 Å². The second-order valence-electron chi connectivity index (χ2n) is 4.94. The van der Waals surface area contributed by atoms with Crippen LogP contribution in [0.1, 0.15) is 25.8 Å². The summed E-state index contributed by atoms with van der Waals surface area (Å²) in [5.41, 5.74) is 4.68. The van der Waals surface area contributed by atoms with Crippen LogP contribution < -0.4 is 10.2 Å².